The number of ether oxygens (including phenoxy) is 3. The number of methoxy groups -OCH3 is 2. The molecule has 1 N–H and O–H groups in total. The minimum Gasteiger partial charge on any atom is -0.453 e. The number of nitrogens with one attached hydrogen (secondary N) is 1. The van der Waals surface area contributed by atoms with E-state index < -0.39 is 18.3 Å². The van der Waals surface area contributed by atoms with E-state index in [1.165, 1.54) is 14.2 Å². The number of carbonyl (C=O) groups excluding carboxylic acids is 2. The van der Waals surface area contributed by atoms with Crippen molar-refractivity contribution in [2.75, 3.05) is 20.8 Å². The number of rotatable bonds is 4. The Morgan fingerprint density at radius 1 is 1.17 bits per heavy atom. The summed E-state index contributed by atoms with van der Waals surface area (Å²) < 4.78 is 13.7. The van der Waals surface area contributed by atoms with Crippen LogP contribution in [0.2, 0.25) is 0 Å². The monoisotopic (exact) mass is 253 g/mol. The molecule has 6 heteroatoms. The molecule has 0 aromatic heterocycles. The fourth-order valence-corrected chi connectivity index (χ4v) is 1.32. The van der Waals surface area contributed by atoms with Gasteiger partial charge in [0.15, 0.2) is 0 Å². The zero-order valence-electron chi connectivity index (χ0n) is 10.2. The molecule has 1 amide bonds. The maximum absolute atomic E-state index is 11.2. The van der Waals surface area contributed by atoms with Crippen LogP contribution in [-0.4, -0.2) is 33.1 Å². The third-order valence-electron chi connectivity index (χ3n) is 2.21. The summed E-state index contributed by atoms with van der Waals surface area (Å²) in [7, 11) is 2.48. The molecular weight excluding hydrogens is 238 g/mol. The SMILES string of the molecule is COC(=O)NC(COC(=O)OC)c1ccccc1. The number of hydrogen-bond acceptors (Lipinski definition) is 5. The molecule has 0 bridgehead atoms. The van der Waals surface area contributed by atoms with Gasteiger partial charge in [-0.3, -0.25) is 0 Å². The summed E-state index contributed by atoms with van der Waals surface area (Å²) >= 11 is 0. The third kappa shape index (κ3) is 4.32. The van der Waals surface area contributed by atoms with Crippen molar-refractivity contribution in [2.24, 2.45) is 0 Å². The summed E-state index contributed by atoms with van der Waals surface area (Å²) in [5.74, 6) is 0. The lowest BCUT2D eigenvalue weighted by atomic mass is 10.1. The first-order valence-electron chi connectivity index (χ1n) is 5.27. The van der Waals surface area contributed by atoms with Gasteiger partial charge in [0, 0.05) is 0 Å². The van der Waals surface area contributed by atoms with E-state index in [4.69, 9.17) is 4.74 Å². The molecule has 0 spiro atoms. The number of amides is 1. The first kappa shape index (κ1) is 13.8. The molecule has 18 heavy (non-hydrogen) atoms. The zero-order chi connectivity index (χ0) is 13.4. The van der Waals surface area contributed by atoms with E-state index in [0.717, 1.165) is 5.56 Å². The highest BCUT2D eigenvalue weighted by Crippen LogP contribution is 2.13. The molecule has 1 rings (SSSR count). The highest BCUT2D eigenvalue weighted by molar-refractivity contribution is 5.67. The second-order valence-electron chi connectivity index (χ2n) is 3.36. The highest BCUT2D eigenvalue weighted by Gasteiger charge is 2.17. The molecule has 6 nitrogen and oxygen atoms in total. The summed E-state index contributed by atoms with van der Waals surface area (Å²) in [5, 5.41) is 2.57. The Labute approximate surface area is 105 Å². The quantitative estimate of drug-likeness (QED) is 0.829. The predicted molar refractivity (Wildman–Crippen MR) is 63.1 cm³/mol. The molecule has 0 fully saturated rings. The maximum atomic E-state index is 11.2. The van der Waals surface area contributed by atoms with Crippen molar-refractivity contribution in [3.63, 3.8) is 0 Å². The van der Waals surface area contributed by atoms with Crippen molar-refractivity contribution in [3.05, 3.63) is 35.9 Å². The van der Waals surface area contributed by atoms with Crippen molar-refractivity contribution < 1.29 is 23.8 Å². The molecule has 0 saturated heterocycles. The van der Waals surface area contributed by atoms with Crippen molar-refractivity contribution in [1.29, 1.82) is 0 Å². The molecule has 0 saturated carbocycles. The van der Waals surface area contributed by atoms with Crippen LogP contribution in [0, 0.1) is 0 Å². The molecule has 1 unspecified atom stereocenters. The Bertz CT molecular complexity index is 393. The van der Waals surface area contributed by atoms with E-state index in [1.54, 1.807) is 12.1 Å². The van der Waals surface area contributed by atoms with Crippen LogP contribution in [0.3, 0.4) is 0 Å². The van der Waals surface area contributed by atoms with Gasteiger partial charge in [-0.25, -0.2) is 9.59 Å². The van der Waals surface area contributed by atoms with Gasteiger partial charge in [-0.1, -0.05) is 30.3 Å². The van der Waals surface area contributed by atoms with Gasteiger partial charge in [0.25, 0.3) is 0 Å². The largest absolute Gasteiger partial charge is 0.508 e. The van der Waals surface area contributed by atoms with Crippen LogP contribution < -0.4 is 5.32 Å². The molecule has 0 aliphatic rings. The van der Waals surface area contributed by atoms with E-state index >= 15 is 0 Å². The number of benzene rings is 1. The molecule has 1 atom stereocenters. The van der Waals surface area contributed by atoms with Gasteiger partial charge in [0.1, 0.15) is 6.61 Å². The third-order valence-corrected chi connectivity index (χ3v) is 2.21. The number of hydrogen-bond donors (Lipinski definition) is 1. The van der Waals surface area contributed by atoms with E-state index in [-0.39, 0.29) is 6.61 Å². The summed E-state index contributed by atoms with van der Waals surface area (Å²) in [6.45, 7) is -0.0359. The number of alkyl carbamates (subject to hydrolysis) is 1. The van der Waals surface area contributed by atoms with Gasteiger partial charge < -0.3 is 19.5 Å². The summed E-state index contributed by atoms with van der Waals surface area (Å²) in [6.07, 6.45) is -1.40. The van der Waals surface area contributed by atoms with Gasteiger partial charge in [0.05, 0.1) is 20.3 Å². The van der Waals surface area contributed by atoms with E-state index in [1.807, 2.05) is 18.2 Å². The first-order chi connectivity index (χ1) is 8.67. The van der Waals surface area contributed by atoms with Crippen molar-refractivity contribution in [2.45, 2.75) is 6.04 Å². The van der Waals surface area contributed by atoms with Crippen molar-refractivity contribution in [3.8, 4) is 0 Å². The summed E-state index contributed by atoms with van der Waals surface area (Å²) in [5.41, 5.74) is 0.798. The first-order valence-corrected chi connectivity index (χ1v) is 5.27. The molecule has 1 aromatic rings. The molecule has 98 valence electrons. The van der Waals surface area contributed by atoms with Gasteiger partial charge in [-0.05, 0) is 5.56 Å². The normalized spacial score (nSPS) is 11.2. The van der Waals surface area contributed by atoms with E-state index in [9.17, 15) is 9.59 Å². The second-order valence-corrected chi connectivity index (χ2v) is 3.36. The predicted octanol–water partition coefficient (Wildman–Crippen LogP) is 1.87. The average Bonchev–Trinajstić information content (AvgIpc) is 2.43. The molecule has 1 aromatic carbocycles. The number of carbonyl (C=O) groups is 2. The molecule has 0 aliphatic heterocycles. The molecule has 0 aliphatic carbocycles. The Hall–Kier alpha value is -2.24. The van der Waals surface area contributed by atoms with Crippen LogP contribution >= 0.6 is 0 Å². The molecular formula is C12H15NO5. The smallest absolute Gasteiger partial charge is 0.453 e. The Morgan fingerprint density at radius 3 is 2.39 bits per heavy atom. The minimum absolute atomic E-state index is 0.0359. The van der Waals surface area contributed by atoms with Crippen LogP contribution in [0.4, 0.5) is 9.59 Å². The Balaban J connectivity index is 2.69. The van der Waals surface area contributed by atoms with Gasteiger partial charge in [-0.2, -0.15) is 0 Å². The zero-order valence-corrected chi connectivity index (χ0v) is 10.2. The van der Waals surface area contributed by atoms with Crippen molar-refractivity contribution in [1.82, 2.24) is 5.32 Å². The van der Waals surface area contributed by atoms with E-state index in [0.29, 0.717) is 0 Å². The van der Waals surface area contributed by atoms with E-state index in [2.05, 4.69) is 14.8 Å². The lowest BCUT2D eigenvalue weighted by Crippen LogP contribution is -2.32. The molecule has 0 radical (unpaired) electrons. The fraction of sp³-hybridized carbons (Fsp3) is 0.333. The lowest BCUT2D eigenvalue weighted by Gasteiger charge is -2.17. The fourth-order valence-electron chi connectivity index (χ4n) is 1.32. The second kappa shape index (κ2) is 7.16. The van der Waals surface area contributed by atoms with Crippen LogP contribution in [-0.2, 0) is 14.2 Å². The van der Waals surface area contributed by atoms with Gasteiger partial charge in [-0.15, -0.1) is 0 Å². The van der Waals surface area contributed by atoms with Crippen LogP contribution in [0.25, 0.3) is 0 Å². The average molecular weight is 253 g/mol. The van der Waals surface area contributed by atoms with Crippen molar-refractivity contribution >= 4 is 12.2 Å². The van der Waals surface area contributed by atoms with Crippen LogP contribution in [0.15, 0.2) is 30.3 Å². The standard InChI is InChI=1S/C12H15NO5/c1-16-11(14)13-10(8-18-12(15)17-2)9-6-4-3-5-7-9/h3-7,10H,8H2,1-2H3,(H,13,14). The molecule has 0 heterocycles. The topological polar surface area (TPSA) is 73.9 Å². The Kier molecular flexibility index (Phi) is 5.50. The summed E-state index contributed by atoms with van der Waals surface area (Å²) in [6, 6.07) is 8.61. The Morgan fingerprint density at radius 2 is 1.83 bits per heavy atom. The summed E-state index contributed by atoms with van der Waals surface area (Å²) in [4.78, 5) is 22.1. The highest BCUT2D eigenvalue weighted by atomic mass is 16.7. The lowest BCUT2D eigenvalue weighted by molar-refractivity contribution is 0.0637. The minimum atomic E-state index is -0.803. The van der Waals surface area contributed by atoms with Gasteiger partial charge in [0.2, 0.25) is 0 Å². The van der Waals surface area contributed by atoms with Gasteiger partial charge >= 0.3 is 12.2 Å². The maximum Gasteiger partial charge on any atom is 0.508 e. The van der Waals surface area contributed by atoms with Crippen LogP contribution in [0.5, 0.6) is 0 Å². The van der Waals surface area contributed by atoms with Crippen LogP contribution in [0.1, 0.15) is 11.6 Å².